The number of urea groups is 1. The first-order valence-corrected chi connectivity index (χ1v) is 10.0. The van der Waals surface area contributed by atoms with Crippen LogP contribution in [-0.2, 0) is 16.1 Å². The van der Waals surface area contributed by atoms with Gasteiger partial charge in [-0.1, -0.05) is 30.3 Å². The van der Waals surface area contributed by atoms with E-state index in [9.17, 15) is 9.59 Å². The fourth-order valence-electron chi connectivity index (χ4n) is 3.80. The van der Waals surface area contributed by atoms with Crippen LogP contribution in [0, 0.1) is 5.92 Å². The lowest BCUT2D eigenvalue weighted by Gasteiger charge is -2.32. The number of hydrogen-bond donors (Lipinski definition) is 1. The van der Waals surface area contributed by atoms with Crippen molar-refractivity contribution in [1.82, 2.24) is 15.1 Å². The fraction of sp³-hybridized carbons (Fsp3) is 0.619. The molecule has 0 spiro atoms. The number of piperidine rings is 1. The predicted octanol–water partition coefficient (Wildman–Crippen LogP) is 2.63. The Morgan fingerprint density at radius 3 is 2.56 bits per heavy atom. The second-order valence-electron chi connectivity index (χ2n) is 7.88. The molecule has 2 saturated heterocycles. The first-order valence-electron chi connectivity index (χ1n) is 10.0. The normalized spacial score (nSPS) is 21.1. The summed E-state index contributed by atoms with van der Waals surface area (Å²) in [5, 5.41) is 3.01. The molecule has 2 fully saturated rings. The molecule has 3 rings (SSSR count). The second-order valence-corrected chi connectivity index (χ2v) is 7.88. The number of nitrogens with one attached hydrogen (secondary N) is 1. The summed E-state index contributed by atoms with van der Waals surface area (Å²) in [6.07, 6.45) is 2.47. The largest absolute Gasteiger partial charge is 0.373 e. The minimum Gasteiger partial charge on any atom is -0.373 e. The standard InChI is InChI=1S/C21H31N3O3/c1-16(2)24-14-18(12-20(24)25)13-22-21(26)23-10-8-19(9-11-23)27-15-17-6-4-3-5-7-17/h3-7,16,18-19H,8-15H2,1-2H3,(H,22,26). The van der Waals surface area contributed by atoms with Gasteiger partial charge in [0.05, 0.1) is 12.7 Å². The Morgan fingerprint density at radius 1 is 1.22 bits per heavy atom. The predicted molar refractivity (Wildman–Crippen MR) is 104 cm³/mol. The molecule has 3 amide bonds. The van der Waals surface area contributed by atoms with Gasteiger partial charge < -0.3 is 19.9 Å². The van der Waals surface area contributed by atoms with Gasteiger partial charge in [0.1, 0.15) is 0 Å². The van der Waals surface area contributed by atoms with Crippen LogP contribution in [0.2, 0.25) is 0 Å². The molecule has 2 aliphatic rings. The highest BCUT2D eigenvalue weighted by Crippen LogP contribution is 2.20. The molecule has 2 aliphatic heterocycles. The highest BCUT2D eigenvalue weighted by Gasteiger charge is 2.31. The Morgan fingerprint density at radius 2 is 1.93 bits per heavy atom. The topological polar surface area (TPSA) is 61.9 Å². The van der Waals surface area contributed by atoms with Crippen molar-refractivity contribution >= 4 is 11.9 Å². The monoisotopic (exact) mass is 373 g/mol. The maximum absolute atomic E-state index is 12.4. The molecule has 0 radical (unpaired) electrons. The Labute approximate surface area is 161 Å². The Hall–Kier alpha value is -2.08. The number of nitrogens with zero attached hydrogens (tertiary/aromatic N) is 2. The summed E-state index contributed by atoms with van der Waals surface area (Å²) >= 11 is 0. The van der Waals surface area contributed by atoms with Gasteiger partial charge in [-0.2, -0.15) is 0 Å². The molecule has 1 atom stereocenters. The molecule has 1 aromatic rings. The van der Waals surface area contributed by atoms with Gasteiger partial charge in [0.2, 0.25) is 5.91 Å². The van der Waals surface area contributed by atoms with Crippen molar-refractivity contribution in [2.24, 2.45) is 5.92 Å². The van der Waals surface area contributed by atoms with Crippen LogP contribution in [0.25, 0.3) is 0 Å². The first kappa shape index (κ1) is 19.7. The number of ether oxygens (including phenoxy) is 1. The first-order chi connectivity index (χ1) is 13.0. The molecular formula is C21H31N3O3. The molecule has 6 heteroatoms. The zero-order valence-electron chi connectivity index (χ0n) is 16.4. The summed E-state index contributed by atoms with van der Waals surface area (Å²) in [7, 11) is 0. The number of likely N-dealkylation sites (tertiary alicyclic amines) is 2. The van der Waals surface area contributed by atoms with Gasteiger partial charge in [-0.25, -0.2) is 4.79 Å². The van der Waals surface area contributed by atoms with Crippen molar-refractivity contribution in [3.8, 4) is 0 Å². The van der Waals surface area contributed by atoms with Gasteiger partial charge in [0, 0.05) is 44.6 Å². The van der Waals surface area contributed by atoms with Crippen LogP contribution >= 0.6 is 0 Å². The second kappa shape index (κ2) is 9.22. The highest BCUT2D eigenvalue weighted by molar-refractivity contribution is 5.79. The summed E-state index contributed by atoms with van der Waals surface area (Å²) in [4.78, 5) is 28.1. The smallest absolute Gasteiger partial charge is 0.317 e. The van der Waals surface area contributed by atoms with Crippen molar-refractivity contribution in [1.29, 1.82) is 0 Å². The van der Waals surface area contributed by atoms with Crippen LogP contribution < -0.4 is 5.32 Å². The summed E-state index contributed by atoms with van der Waals surface area (Å²) < 4.78 is 5.98. The Bertz CT molecular complexity index is 627. The number of carbonyl (C=O) groups excluding carboxylic acids is 2. The summed E-state index contributed by atoms with van der Waals surface area (Å²) in [6.45, 7) is 7.43. The zero-order chi connectivity index (χ0) is 19.2. The van der Waals surface area contributed by atoms with Crippen LogP contribution in [0.3, 0.4) is 0 Å². The third-order valence-corrected chi connectivity index (χ3v) is 5.46. The van der Waals surface area contributed by atoms with Crippen molar-refractivity contribution in [2.45, 2.75) is 51.9 Å². The van der Waals surface area contributed by atoms with Crippen molar-refractivity contribution in [3.05, 3.63) is 35.9 Å². The van der Waals surface area contributed by atoms with Crippen molar-refractivity contribution in [2.75, 3.05) is 26.2 Å². The SMILES string of the molecule is CC(C)N1CC(CNC(=O)N2CCC(OCc3ccccc3)CC2)CC1=O. The number of amides is 3. The molecule has 6 nitrogen and oxygen atoms in total. The van der Waals surface area contributed by atoms with Crippen LogP contribution in [0.1, 0.15) is 38.7 Å². The van der Waals surface area contributed by atoms with E-state index < -0.39 is 0 Å². The average Bonchev–Trinajstić information content (AvgIpc) is 3.06. The lowest BCUT2D eigenvalue weighted by molar-refractivity contribution is -0.129. The molecule has 1 unspecified atom stereocenters. The molecule has 1 N–H and O–H groups in total. The summed E-state index contributed by atoms with van der Waals surface area (Å²) in [6, 6.07) is 10.4. The van der Waals surface area contributed by atoms with Gasteiger partial charge >= 0.3 is 6.03 Å². The van der Waals surface area contributed by atoms with Gasteiger partial charge in [-0.05, 0) is 32.3 Å². The number of benzene rings is 1. The van der Waals surface area contributed by atoms with E-state index in [0.29, 0.717) is 32.7 Å². The minimum absolute atomic E-state index is 0.0213. The molecule has 148 valence electrons. The van der Waals surface area contributed by atoms with E-state index in [2.05, 4.69) is 17.4 Å². The van der Waals surface area contributed by atoms with E-state index in [1.165, 1.54) is 5.56 Å². The van der Waals surface area contributed by atoms with Gasteiger partial charge in [-0.3, -0.25) is 4.79 Å². The van der Waals surface area contributed by atoms with Crippen LogP contribution in [0.15, 0.2) is 30.3 Å². The summed E-state index contributed by atoms with van der Waals surface area (Å²) in [5.41, 5.74) is 1.18. The molecule has 1 aromatic carbocycles. The van der Waals surface area contributed by atoms with Crippen LogP contribution in [0.5, 0.6) is 0 Å². The van der Waals surface area contributed by atoms with Gasteiger partial charge in [0.15, 0.2) is 0 Å². The zero-order valence-corrected chi connectivity index (χ0v) is 16.4. The average molecular weight is 373 g/mol. The van der Waals surface area contributed by atoms with E-state index in [4.69, 9.17) is 4.74 Å². The molecule has 27 heavy (non-hydrogen) atoms. The minimum atomic E-state index is -0.0213. The van der Waals surface area contributed by atoms with Gasteiger partial charge in [0.25, 0.3) is 0 Å². The molecule has 2 heterocycles. The Balaban J connectivity index is 1.34. The van der Waals surface area contributed by atoms with Gasteiger partial charge in [-0.15, -0.1) is 0 Å². The third kappa shape index (κ3) is 5.45. The molecule has 0 saturated carbocycles. The lowest BCUT2D eigenvalue weighted by atomic mass is 10.1. The lowest BCUT2D eigenvalue weighted by Crippen LogP contribution is -2.47. The van der Waals surface area contributed by atoms with Crippen LogP contribution in [0.4, 0.5) is 4.79 Å². The van der Waals surface area contributed by atoms with E-state index >= 15 is 0 Å². The molecule has 0 aliphatic carbocycles. The van der Waals surface area contributed by atoms with Crippen molar-refractivity contribution in [3.63, 3.8) is 0 Å². The highest BCUT2D eigenvalue weighted by atomic mass is 16.5. The third-order valence-electron chi connectivity index (χ3n) is 5.46. The molecule has 0 bridgehead atoms. The fourth-order valence-corrected chi connectivity index (χ4v) is 3.80. The van der Waals surface area contributed by atoms with E-state index in [1.54, 1.807) is 0 Å². The molecule has 0 aromatic heterocycles. The van der Waals surface area contributed by atoms with E-state index in [1.807, 2.05) is 41.8 Å². The number of carbonyl (C=O) groups is 2. The van der Waals surface area contributed by atoms with E-state index in [-0.39, 0.29) is 30.0 Å². The summed E-state index contributed by atoms with van der Waals surface area (Å²) in [5.74, 6) is 0.413. The number of hydrogen-bond acceptors (Lipinski definition) is 3. The molecular weight excluding hydrogens is 342 g/mol. The maximum Gasteiger partial charge on any atom is 0.317 e. The number of rotatable bonds is 6. The van der Waals surface area contributed by atoms with E-state index in [0.717, 1.165) is 19.4 Å². The maximum atomic E-state index is 12.4. The quantitative estimate of drug-likeness (QED) is 0.834. The Kier molecular flexibility index (Phi) is 6.72. The van der Waals surface area contributed by atoms with Crippen molar-refractivity contribution < 1.29 is 14.3 Å². The van der Waals surface area contributed by atoms with Crippen LogP contribution in [-0.4, -0.2) is 60.1 Å².